The van der Waals surface area contributed by atoms with Crippen molar-refractivity contribution in [3.8, 4) is 17.2 Å². The van der Waals surface area contributed by atoms with E-state index in [1.165, 1.54) is 0 Å². The first kappa shape index (κ1) is 21.5. The van der Waals surface area contributed by atoms with Crippen LogP contribution < -0.4 is 4.74 Å². The standard InChI is InChI=1S/C26H24ClN3O3/c1-16(18-3-4-20-14-23(32-2)12-7-19(20)13-18)26(31)30(22-10-11-22)15-24-28-29-25(33-24)17-5-8-21(27)9-6-17/h3-9,12-14,16,22H,10-11,15H2,1-2H3/t16-/m0/s1. The van der Waals surface area contributed by atoms with E-state index in [4.69, 9.17) is 20.8 Å². The molecular formula is C26H24ClN3O3. The van der Waals surface area contributed by atoms with E-state index in [9.17, 15) is 4.79 Å². The summed E-state index contributed by atoms with van der Waals surface area (Å²) in [6.45, 7) is 2.26. The van der Waals surface area contributed by atoms with E-state index in [-0.39, 0.29) is 17.9 Å². The minimum atomic E-state index is -0.282. The fourth-order valence-electron chi connectivity index (χ4n) is 3.98. The molecule has 168 valence electrons. The molecule has 0 saturated heterocycles. The Kier molecular flexibility index (Phi) is 5.77. The van der Waals surface area contributed by atoms with Crippen LogP contribution in [0.15, 0.2) is 65.1 Å². The molecule has 1 amide bonds. The normalized spacial score (nSPS) is 14.3. The molecule has 0 N–H and O–H groups in total. The number of hydrogen-bond donors (Lipinski definition) is 0. The maximum Gasteiger partial charge on any atom is 0.247 e. The van der Waals surface area contributed by atoms with Crippen molar-refractivity contribution >= 4 is 28.3 Å². The molecule has 0 unspecified atom stereocenters. The summed E-state index contributed by atoms with van der Waals surface area (Å²) in [7, 11) is 1.66. The van der Waals surface area contributed by atoms with E-state index >= 15 is 0 Å². The first-order valence-electron chi connectivity index (χ1n) is 11.0. The van der Waals surface area contributed by atoms with Crippen molar-refractivity contribution in [2.75, 3.05) is 7.11 Å². The van der Waals surface area contributed by atoms with Crippen molar-refractivity contribution in [3.05, 3.63) is 77.1 Å². The third-order valence-electron chi connectivity index (χ3n) is 6.08. The van der Waals surface area contributed by atoms with E-state index in [2.05, 4.69) is 16.3 Å². The third-order valence-corrected chi connectivity index (χ3v) is 6.33. The SMILES string of the molecule is COc1ccc2cc([C@H](C)C(=O)N(Cc3nnc(-c4ccc(Cl)cc4)o3)C3CC3)ccc2c1. The number of ether oxygens (including phenoxy) is 1. The number of methoxy groups -OCH3 is 1. The number of carbonyl (C=O) groups is 1. The van der Waals surface area contributed by atoms with Crippen LogP contribution in [0.1, 0.15) is 37.1 Å². The van der Waals surface area contributed by atoms with Gasteiger partial charge in [-0.05, 0) is 72.5 Å². The van der Waals surface area contributed by atoms with Gasteiger partial charge in [0, 0.05) is 16.6 Å². The number of halogens is 1. The van der Waals surface area contributed by atoms with Gasteiger partial charge in [0.2, 0.25) is 17.7 Å². The molecule has 1 fully saturated rings. The molecule has 1 aliphatic rings. The summed E-state index contributed by atoms with van der Waals surface area (Å²) in [5, 5.41) is 11.1. The lowest BCUT2D eigenvalue weighted by atomic mass is 9.96. The highest BCUT2D eigenvalue weighted by Crippen LogP contribution is 2.33. The van der Waals surface area contributed by atoms with Gasteiger partial charge in [-0.25, -0.2) is 0 Å². The molecule has 4 aromatic rings. The largest absolute Gasteiger partial charge is 0.497 e. The molecule has 0 radical (unpaired) electrons. The third kappa shape index (κ3) is 4.57. The molecule has 33 heavy (non-hydrogen) atoms. The molecular weight excluding hydrogens is 438 g/mol. The molecule has 1 aromatic heterocycles. The summed E-state index contributed by atoms with van der Waals surface area (Å²) in [4.78, 5) is 15.4. The van der Waals surface area contributed by atoms with Crippen LogP contribution in [0.3, 0.4) is 0 Å². The topological polar surface area (TPSA) is 68.5 Å². The Labute approximate surface area is 197 Å². The highest BCUT2D eigenvalue weighted by Gasteiger charge is 2.36. The molecule has 1 saturated carbocycles. The molecule has 1 aliphatic carbocycles. The van der Waals surface area contributed by atoms with Crippen LogP contribution >= 0.6 is 11.6 Å². The van der Waals surface area contributed by atoms with Gasteiger partial charge in [-0.15, -0.1) is 10.2 Å². The maximum absolute atomic E-state index is 13.5. The van der Waals surface area contributed by atoms with Crippen LogP contribution in [0, 0.1) is 0 Å². The minimum Gasteiger partial charge on any atom is -0.497 e. The van der Waals surface area contributed by atoms with Gasteiger partial charge >= 0.3 is 0 Å². The Balaban J connectivity index is 1.35. The number of amides is 1. The summed E-state index contributed by atoms with van der Waals surface area (Å²) >= 11 is 5.96. The van der Waals surface area contributed by atoms with Gasteiger partial charge in [0.1, 0.15) is 5.75 Å². The van der Waals surface area contributed by atoms with Gasteiger partial charge in [-0.3, -0.25) is 4.79 Å². The van der Waals surface area contributed by atoms with Crippen molar-refractivity contribution in [1.29, 1.82) is 0 Å². The molecule has 6 nitrogen and oxygen atoms in total. The second kappa shape index (κ2) is 8.87. The van der Waals surface area contributed by atoms with E-state index < -0.39 is 0 Å². The van der Waals surface area contributed by atoms with Gasteiger partial charge in [-0.2, -0.15) is 0 Å². The van der Waals surface area contributed by atoms with Crippen LogP contribution in [-0.2, 0) is 11.3 Å². The Hall–Kier alpha value is -3.38. The fourth-order valence-corrected chi connectivity index (χ4v) is 4.10. The molecule has 0 aliphatic heterocycles. The molecule has 7 heteroatoms. The van der Waals surface area contributed by atoms with Crippen molar-refractivity contribution in [2.24, 2.45) is 0 Å². The van der Waals surface area contributed by atoms with E-state index in [0.29, 0.717) is 23.3 Å². The van der Waals surface area contributed by atoms with Crippen molar-refractivity contribution < 1.29 is 13.9 Å². The number of rotatable bonds is 7. The van der Waals surface area contributed by atoms with Gasteiger partial charge in [0.25, 0.3) is 0 Å². The predicted octanol–water partition coefficient (Wildman–Crippen LogP) is 5.85. The highest BCUT2D eigenvalue weighted by molar-refractivity contribution is 6.30. The summed E-state index contributed by atoms with van der Waals surface area (Å²) in [5.74, 6) is 1.45. The van der Waals surface area contributed by atoms with Crippen molar-refractivity contribution in [1.82, 2.24) is 15.1 Å². The first-order chi connectivity index (χ1) is 16.0. The zero-order valence-electron chi connectivity index (χ0n) is 18.5. The van der Waals surface area contributed by atoms with Gasteiger partial charge in [0.05, 0.1) is 19.6 Å². The second-order valence-electron chi connectivity index (χ2n) is 8.40. The lowest BCUT2D eigenvalue weighted by Gasteiger charge is -2.24. The number of hydrogen-bond acceptors (Lipinski definition) is 5. The minimum absolute atomic E-state index is 0.0663. The van der Waals surface area contributed by atoms with E-state index in [0.717, 1.165) is 40.5 Å². The van der Waals surface area contributed by atoms with Gasteiger partial charge < -0.3 is 14.1 Å². The van der Waals surface area contributed by atoms with E-state index in [1.807, 2.05) is 54.3 Å². The Morgan fingerprint density at radius 3 is 2.55 bits per heavy atom. The molecule has 1 heterocycles. The van der Waals surface area contributed by atoms with Crippen molar-refractivity contribution in [3.63, 3.8) is 0 Å². The van der Waals surface area contributed by atoms with Crippen LogP contribution in [0.5, 0.6) is 5.75 Å². The number of nitrogens with zero attached hydrogens (tertiary/aromatic N) is 3. The number of benzene rings is 3. The molecule has 0 spiro atoms. The molecule has 3 aromatic carbocycles. The monoisotopic (exact) mass is 461 g/mol. The van der Waals surface area contributed by atoms with Crippen LogP contribution in [0.2, 0.25) is 5.02 Å². The fraction of sp³-hybridized carbons (Fsp3) is 0.269. The van der Waals surface area contributed by atoms with Crippen LogP contribution in [0.4, 0.5) is 0 Å². The lowest BCUT2D eigenvalue weighted by molar-refractivity contribution is -0.134. The zero-order chi connectivity index (χ0) is 22.9. The van der Waals surface area contributed by atoms with Crippen LogP contribution in [-0.4, -0.2) is 34.2 Å². The smallest absolute Gasteiger partial charge is 0.247 e. The highest BCUT2D eigenvalue weighted by atomic mass is 35.5. The molecule has 0 bridgehead atoms. The second-order valence-corrected chi connectivity index (χ2v) is 8.84. The van der Waals surface area contributed by atoms with Gasteiger partial charge in [0.15, 0.2) is 0 Å². The predicted molar refractivity (Wildman–Crippen MR) is 127 cm³/mol. The maximum atomic E-state index is 13.5. The molecule has 5 rings (SSSR count). The summed E-state index contributed by atoms with van der Waals surface area (Å²) in [6, 6.07) is 19.5. The van der Waals surface area contributed by atoms with Gasteiger partial charge in [-0.1, -0.05) is 35.9 Å². The Morgan fingerprint density at radius 1 is 1.09 bits per heavy atom. The molecule has 1 atom stereocenters. The first-order valence-corrected chi connectivity index (χ1v) is 11.4. The number of aromatic nitrogens is 2. The van der Waals surface area contributed by atoms with E-state index in [1.54, 1.807) is 19.2 Å². The number of carbonyl (C=O) groups excluding carboxylic acids is 1. The Bertz CT molecular complexity index is 1300. The summed E-state index contributed by atoms with van der Waals surface area (Å²) in [6.07, 6.45) is 1.99. The zero-order valence-corrected chi connectivity index (χ0v) is 19.2. The Morgan fingerprint density at radius 2 is 1.82 bits per heavy atom. The lowest BCUT2D eigenvalue weighted by Crippen LogP contribution is -2.35. The number of fused-ring (bicyclic) bond motifs is 1. The average Bonchev–Trinajstić information content (AvgIpc) is 3.58. The summed E-state index contributed by atoms with van der Waals surface area (Å²) in [5.41, 5.74) is 1.78. The van der Waals surface area contributed by atoms with Crippen LogP contribution in [0.25, 0.3) is 22.2 Å². The summed E-state index contributed by atoms with van der Waals surface area (Å²) < 4.78 is 11.2. The average molecular weight is 462 g/mol. The van der Waals surface area contributed by atoms with Crippen molar-refractivity contribution in [2.45, 2.75) is 38.3 Å². The quantitative estimate of drug-likeness (QED) is 0.345.